The molecule has 0 bridgehead atoms. The average molecular weight is 228 g/mol. The number of rotatable bonds is 4. The summed E-state index contributed by atoms with van der Waals surface area (Å²) in [5, 5.41) is 12.3. The molecule has 2 heteroatoms. The van der Waals surface area contributed by atoms with Gasteiger partial charge in [-0.15, -0.1) is 0 Å². The standard InChI is InChI=1S/C15H20N2/c1-12-8-13(9-16)4-5-14(12)10-17-11-15(2)6-3-7-15/h4-5,8,17H,3,6-7,10-11H2,1-2H3. The molecular formula is C15H20N2. The number of hydrogen-bond donors (Lipinski definition) is 1. The maximum atomic E-state index is 8.81. The first-order valence-electron chi connectivity index (χ1n) is 6.33. The van der Waals surface area contributed by atoms with Crippen molar-refractivity contribution in [3.63, 3.8) is 0 Å². The SMILES string of the molecule is Cc1cc(C#N)ccc1CNCC1(C)CCC1. The van der Waals surface area contributed by atoms with Gasteiger partial charge < -0.3 is 5.32 Å². The Morgan fingerprint density at radius 2 is 2.18 bits per heavy atom. The van der Waals surface area contributed by atoms with Crippen molar-refractivity contribution in [2.75, 3.05) is 6.54 Å². The lowest BCUT2D eigenvalue weighted by Gasteiger charge is -2.38. The summed E-state index contributed by atoms with van der Waals surface area (Å²) in [5.41, 5.74) is 3.78. The van der Waals surface area contributed by atoms with Crippen LogP contribution in [0.1, 0.15) is 42.9 Å². The molecule has 2 nitrogen and oxygen atoms in total. The van der Waals surface area contributed by atoms with Crippen LogP contribution in [-0.2, 0) is 6.54 Å². The molecule has 0 aromatic heterocycles. The van der Waals surface area contributed by atoms with Gasteiger partial charge in [-0.05, 0) is 48.4 Å². The highest BCUT2D eigenvalue weighted by atomic mass is 14.9. The molecule has 1 aliphatic carbocycles. The monoisotopic (exact) mass is 228 g/mol. The van der Waals surface area contributed by atoms with Crippen molar-refractivity contribution in [2.45, 2.75) is 39.7 Å². The number of aryl methyl sites for hydroxylation is 1. The molecule has 1 aliphatic rings. The Hall–Kier alpha value is -1.33. The van der Waals surface area contributed by atoms with Crippen LogP contribution < -0.4 is 5.32 Å². The van der Waals surface area contributed by atoms with Gasteiger partial charge in [0.2, 0.25) is 0 Å². The predicted molar refractivity (Wildman–Crippen MR) is 69.6 cm³/mol. The third-order valence-electron chi connectivity index (χ3n) is 3.90. The summed E-state index contributed by atoms with van der Waals surface area (Å²) in [4.78, 5) is 0. The van der Waals surface area contributed by atoms with Crippen LogP contribution in [0.3, 0.4) is 0 Å². The van der Waals surface area contributed by atoms with Crippen molar-refractivity contribution in [1.82, 2.24) is 5.32 Å². The summed E-state index contributed by atoms with van der Waals surface area (Å²) < 4.78 is 0. The molecular weight excluding hydrogens is 208 g/mol. The Kier molecular flexibility index (Phi) is 3.49. The van der Waals surface area contributed by atoms with Crippen LogP contribution in [0, 0.1) is 23.7 Å². The second-order valence-electron chi connectivity index (χ2n) is 5.52. The van der Waals surface area contributed by atoms with Crippen molar-refractivity contribution in [3.05, 3.63) is 34.9 Å². The zero-order chi connectivity index (χ0) is 12.3. The first-order valence-corrected chi connectivity index (χ1v) is 6.33. The number of hydrogen-bond acceptors (Lipinski definition) is 2. The lowest BCUT2D eigenvalue weighted by Crippen LogP contribution is -2.37. The molecule has 90 valence electrons. The Morgan fingerprint density at radius 1 is 1.41 bits per heavy atom. The molecule has 1 fully saturated rings. The minimum Gasteiger partial charge on any atom is -0.312 e. The third-order valence-corrected chi connectivity index (χ3v) is 3.90. The molecule has 17 heavy (non-hydrogen) atoms. The van der Waals surface area contributed by atoms with Crippen LogP contribution in [0.15, 0.2) is 18.2 Å². The molecule has 0 spiro atoms. The van der Waals surface area contributed by atoms with E-state index in [1.807, 2.05) is 12.1 Å². The van der Waals surface area contributed by atoms with E-state index in [0.29, 0.717) is 5.41 Å². The first kappa shape index (κ1) is 12.1. The van der Waals surface area contributed by atoms with Gasteiger partial charge in [-0.2, -0.15) is 5.26 Å². The summed E-state index contributed by atoms with van der Waals surface area (Å²) in [5.74, 6) is 0. The molecule has 0 amide bonds. The highest BCUT2D eigenvalue weighted by Gasteiger charge is 2.30. The molecule has 1 aromatic carbocycles. The summed E-state index contributed by atoms with van der Waals surface area (Å²) in [6.07, 6.45) is 4.09. The van der Waals surface area contributed by atoms with E-state index in [9.17, 15) is 0 Å². The molecule has 0 atom stereocenters. The zero-order valence-electron chi connectivity index (χ0n) is 10.7. The fraction of sp³-hybridized carbons (Fsp3) is 0.533. The van der Waals surface area contributed by atoms with Crippen LogP contribution >= 0.6 is 0 Å². The van der Waals surface area contributed by atoms with E-state index in [0.717, 1.165) is 18.7 Å². The van der Waals surface area contributed by atoms with Crippen LogP contribution in [-0.4, -0.2) is 6.54 Å². The van der Waals surface area contributed by atoms with Gasteiger partial charge in [-0.1, -0.05) is 19.4 Å². The molecule has 0 heterocycles. The molecule has 0 radical (unpaired) electrons. The average Bonchev–Trinajstić information content (AvgIpc) is 2.29. The Morgan fingerprint density at radius 3 is 2.71 bits per heavy atom. The molecule has 1 saturated carbocycles. The Balaban J connectivity index is 1.89. The van der Waals surface area contributed by atoms with Crippen LogP contribution in [0.2, 0.25) is 0 Å². The van der Waals surface area contributed by atoms with E-state index in [2.05, 4.69) is 31.3 Å². The van der Waals surface area contributed by atoms with Gasteiger partial charge in [-0.25, -0.2) is 0 Å². The maximum absolute atomic E-state index is 8.81. The summed E-state index contributed by atoms with van der Waals surface area (Å²) >= 11 is 0. The van der Waals surface area contributed by atoms with Crippen molar-refractivity contribution < 1.29 is 0 Å². The third kappa shape index (κ3) is 2.87. The largest absolute Gasteiger partial charge is 0.312 e. The topological polar surface area (TPSA) is 35.8 Å². The van der Waals surface area contributed by atoms with Gasteiger partial charge in [0.1, 0.15) is 0 Å². The number of benzene rings is 1. The summed E-state index contributed by atoms with van der Waals surface area (Å²) in [7, 11) is 0. The zero-order valence-corrected chi connectivity index (χ0v) is 10.7. The van der Waals surface area contributed by atoms with E-state index in [1.54, 1.807) is 0 Å². The normalized spacial score (nSPS) is 17.2. The summed E-state index contributed by atoms with van der Waals surface area (Å²) in [6.45, 7) is 6.44. The van der Waals surface area contributed by atoms with Gasteiger partial charge >= 0.3 is 0 Å². The van der Waals surface area contributed by atoms with E-state index in [4.69, 9.17) is 5.26 Å². The van der Waals surface area contributed by atoms with E-state index in [-0.39, 0.29) is 0 Å². The van der Waals surface area contributed by atoms with Crippen molar-refractivity contribution in [2.24, 2.45) is 5.41 Å². The molecule has 2 rings (SSSR count). The second kappa shape index (κ2) is 4.89. The Labute approximate surface area is 104 Å². The van der Waals surface area contributed by atoms with Gasteiger partial charge in [0.15, 0.2) is 0 Å². The van der Waals surface area contributed by atoms with E-state index in [1.165, 1.54) is 30.4 Å². The van der Waals surface area contributed by atoms with Gasteiger partial charge in [0.25, 0.3) is 0 Å². The lowest BCUT2D eigenvalue weighted by atomic mass is 9.70. The minimum atomic E-state index is 0.528. The van der Waals surface area contributed by atoms with Crippen LogP contribution in [0.4, 0.5) is 0 Å². The smallest absolute Gasteiger partial charge is 0.0991 e. The lowest BCUT2D eigenvalue weighted by molar-refractivity contribution is 0.156. The molecule has 1 N–H and O–H groups in total. The molecule has 0 aliphatic heterocycles. The fourth-order valence-electron chi connectivity index (χ4n) is 2.42. The second-order valence-corrected chi connectivity index (χ2v) is 5.52. The minimum absolute atomic E-state index is 0.528. The van der Waals surface area contributed by atoms with Crippen LogP contribution in [0.5, 0.6) is 0 Å². The van der Waals surface area contributed by atoms with Crippen molar-refractivity contribution in [1.29, 1.82) is 5.26 Å². The quantitative estimate of drug-likeness (QED) is 0.859. The molecule has 0 unspecified atom stereocenters. The van der Waals surface area contributed by atoms with Crippen molar-refractivity contribution in [3.8, 4) is 6.07 Å². The van der Waals surface area contributed by atoms with E-state index < -0.39 is 0 Å². The number of nitrogens with one attached hydrogen (secondary N) is 1. The van der Waals surface area contributed by atoms with Crippen molar-refractivity contribution >= 4 is 0 Å². The summed E-state index contributed by atoms with van der Waals surface area (Å²) in [6, 6.07) is 8.09. The fourth-order valence-corrected chi connectivity index (χ4v) is 2.42. The Bertz CT molecular complexity index is 439. The first-order chi connectivity index (χ1) is 8.13. The van der Waals surface area contributed by atoms with Gasteiger partial charge in [0.05, 0.1) is 11.6 Å². The van der Waals surface area contributed by atoms with Gasteiger partial charge in [0, 0.05) is 13.1 Å². The molecule has 1 aromatic rings. The highest BCUT2D eigenvalue weighted by molar-refractivity contribution is 5.37. The predicted octanol–water partition coefficient (Wildman–Crippen LogP) is 3.15. The van der Waals surface area contributed by atoms with Crippen LogP contribution in [0.25, 0.3) is 0 Å². The highest BCUT2D eigenvalue weighted by Crippen LogP contribution is 2.39. The van der Waals surface area contributed by atoms with Gasteiger partial charge in [-0.3, -0.25) is 0 Å². The number of nitrogens with zero attached hydrogens (tertiary/aromatic N) is 1. The maximum Gasteiger partial charge on any atom is 0.0991 e. The number of nitriles is 1. The van der Waals surface area contributed by atoms with E-state index >= 15 is 0 Å². The molecule has 0 saturated heterocycles.